The number of ether oxygens (including phenoxy) is 1. The van der Waals surface area contributed by atoms with Crippen LogP contribution in [0.15, 0.2) is 59.5 Å². The van der Waals surface area contributed by atoms with Gasteiger partial charge in [-0.1, -0.05) is 43.2 Å². The van der Waals surface area contributed by atoms with Crippen LogP contribution < -0.4 is 14.8 Å². The van der Waals surface area contributed by atoms with Crippen LogP contribution >= 0.6 is 0 Å². The first-order valence-corrected chi connectivity index (χ1v) is 10.1. The maximum absolute atomic E-state index is 12.7. The summed E-state index contributed by atoms with van der Waals surface area (Å²) >= 11 is 0. The molecule has 0 saturated heterocycles. The minimum atomic E-state index is -3.52. The van der Waals surface area contributed by atoms with Crippen molar-refractivity contribution in [3.05, 3.63) is 54.6 Å². The highest BCUT2D eigenvalue weighted by atomic mass is 32.2. The second-order valence-corrected chi connectivity index (χ2v) is 7.99. The van der Waals surface area contributed by atoms with Crippen LogP contribution in [0, 0.1) is 0 Å². The van der Waals surface area contributed by atoms with E-state index in [4.69, 9.17) is 4.74 Å². The van der Waals surface area contributed by atoms with E-state index in [9.17, 15) is 8.42 Å². The summed E-state index contributed by atoms with van der Waals surface area (Å²) in [6.45, 7) is 0. The van der Waals surface area contributed by atoms with Crippen molar-refractivity contribution >= 4 is 15.7 Å². The average Bonchev–Trinajstić information content (AvgIpc) is 2.64. The first-order chi connectivity index (χ1) is 12.1. The molecule has 0 heterocycles. The monoisotopic (exact) mass is 360 g/mol. The van der Waals surface area contributed by atoms with Crippen molar-refractivity contribution in [2.45, 2.75) is 42.7 Å². The zero-order chi connectivity index (χ0) is 17.7. The summed E-state index contributed by atoms with van der Waals surface area (Å²) in [6.07, 6.45) is 3.83. The molecule has 5 nitrogen and oxygen atoms in total. The number of nitrogens with one attached hydrogen (secondary N) is 2. The van der Waals surface area contributed by atoms with Gasteiger partial charge in [0.2, 0.25) is 10.0 Å². The highest BCUT2D eigenvalue weighted by molar-refractivity contribution is 7.89. The van der Waals surface area contributed by atoms with Crippen LogP contribution in [-0.2, 0) is 10.0 Å². The van der Waals surface area contributed by atoms with Gasteiger partial charge >= 0.3 is 0 Å². The van der Waals surface area contributed by atoms with Crippen LogP contribution in [0.2, 0.25) is 0 Å². The Morgan fingerprint density at radius 1 is 0.920 bits per heavy atom. The maximum atomic E-state index is 12.7. The predicted octanol–water partition coefficient (Wildman–Crippen LogP) is 3.40. The molecule has 0 aliphatic heterocycles. The van der Waals surface area contributed by atoms with Crippen LogP contribution in [0.3, 0.4) is 0 Å². The molecule has 134 valence electrons. The second kappa shape index (κ2) is 7.89. The van der Waals surface area contributed by atoms with Crippen molar-refractivity contribution in [1.29, 1.82) is 0 Å². The van der Waals surface area contributed by atoms with Gasteiger partial charge in [0.25, 0.3) is 0 Å². The largest absolute Gasteiger partial charge is 0.495 e. The summed E-state index contributed by atoms with van der Waals surface area (Å²) in [4.78, 5) is 0.302. The third kappa shape index (κ3) is 4.32. The van der Waals surface area contributed by atoms with Gasteiger partial charge < -0.3 is 10.1 Å². The summed E-state index contributed by atoms with van der Waals surface area (Å²) in [7, 11) is -1.89. The molecule has 0 aromatic heterocycles. The fourth-order valence-electron chi connectivity index (χ4n) is 3.28. The third-order valence-corrected chi connectivity index (χ3v) is 6.08. The number of para-hydroxylation sites is 2. The van der Waals surface area contributed by atoms with E-state index in [1.54, 1.807) is 31.4 Å². The Bertz CT molecular complexity index is 793. The fraction of sp³-hybridized carbons (Fsp3) is 0.368. The molecule has 0 unspecified atom stereocenters. The molecule has 2 aromatic carbocycles. The molecular weight excluding hydrogens is 336 g/mol. The molecule has 1 fully saturated rings. The molecule has 1 aliphatic carbocycles. The lowest BCUT2D eigenvalue weighted by molar-refractivity contribution is 0.375. The van der Waals surface area contributed by atoms with Crippen molar-refractivity contribution in [1.82, 2.24) is 4.72 Å². The highest BCUT2D eigenvalue weighted by Gasteiger charge is 2.29. The number of hydrogen-bond acceptors (Lipinski definition) is 4. The lowest BCUT2D eigenvalue weighted by Gasteiger charge is -2.33. The summed E-state index contributed by atoms with van der Waals surface area (Å²) in [5, 5.41) is 3.47. The first-order valence-electron chi connectivity index (χ1n) is 8.57. The molecule has 2 aromatic rings. The maximum Gasteiger partial charge on any atom is 0.240 e. The van der Waals surface area contributed by atoms with Gasteiger partial charge in [0.15, 0.2) is 0 Å². The van der Waals surface area contributed by atoms with E-state index < -0.39 is 10.0 Å². The molecule has 1 saturated carbocycles. The minimum absolute atomic E-state index is 0.0311. The quantitative estimate of drug-likeness (QED) is 0.828. The number of hydrogen-bond donors (Lipinski definition) is 2. The Labute approximate surface area is 149 Å². The molecule has 6 heteroatoms. The molecule has 0 spiro atoms. The zero-order valence-electron chi connectivity index (χ0n) is 14.3. The second-order valence-electron chi connectivity index (χ2n) is 6.28. The van der Waals surface area contributed by atoms with Crippen LogP contribution in [0.1, 0.15) is 25.7 Å². The molecule has 0 amide bonds. The molecule has 0 radical (unpaired) electrons. The van der Waals surface area contributed by atoms with E-state index in [0.29, 0.717) is 4.90 Å². The van der Waals surface area contributed by atoms with Crippen molar-refractivity contribution in [2.75, 3.05) is 12.4 Å². The normalized spacial score (nSPS) is 20.8. The SMILES string of the molecule is COc1ccccc1N[C@@H]1CCCC[C@@H]1NS(=O)(=O)c1ccccc1. The molecule has 0 bridgehead atoms. The Morgan fingerprint density at radius 2 is 1.56 bits per heavy atom. The average molecular weight is 360 g/mol. The lowest BCUT2D eigenvalue weighted by atomic mass is 9.91. The van der Waals surface area contributed by atoms with Gasteiger partial charge in [0, 0.05) is 12.1 Å². The van der Waals surface area contributed by atoms with Crippen molar-refractivity contribution < 1.29 is 13.2 Å². The van der Waals surface area contributed by atoms with Crippen molar-refractivity contribution in [3.63, 3.8) is 0 Å². The molecule has 1 aliphatic rings. The van der Waals surface area contributed by atoms with Crippen LogP contribution in [-0.4, -0.2) is 27.6 Å². The van der Waals surface area contributed by atoms with E-state index in [2.05, 4.69) is 10.0 Å². The number of rotatable bonds is 6. The van der Waals surface area contributed by atoms with Crippen LogP contribution in [0.5, 0.6) is 5.75 Å². The summed E-state index contributed by atoms with van der Waals surface area (Å²) in [5.74, 6) is 0.762. The molecule has 2 N–H and O–H groups in total. The Hall–Kier alpha value is -2.05. The Balaban J connectivity index is 1.77. The minimum Gasteiger partial charge on any atom is -0.495 e. The number of sulfonamides is 1. The van der Waals surface area contributed by atoms with Crippen molar-refractivity contribution in [2.24, 2.45) is 0 Å². The Kier molecular flexibility index (Phi) is 5.60. The predicted molar refractivity (Wildman–Crippen MR) is 99.4 cm³/mol. The highest BCUT2D eigenvalue weighted by Crippen LogP contribution is 2.29. The summed E-state index contributed by atoms with van der Waals surface area (Å²) < 4.78 is 33.6. The van der Waals surface area contributed by atoms with Gasteiger partial charge in [-0.05, 0) is 37.1 Å². The first kappa shape index (κ1) is 17.8. The van der Waals surface area contributed by atoms with E-state index in [1.165, 1.54) is 0 Å². The van der Waals surface area contributed by atoms with Gasteiger partial charge in [-0.2, -0.15) is 0 Å². The van der Waals surface area contributed by atoms with Gasteiger partial charge in [0.05, 0.1) is 17.7 Å². The van der Waals surface area contributed by atoms with Gasteiger partial charge in [-0.15, -0.1) is 0 Å². The molecule has 25 heavy (non-hydrogen) atoms. The smallest absolute Gasteiger partial charge is 0.240 e. The third-order valence-electron chi connectivity index (χ3n) is 4.57. The van der Waals surface area contributed by atoms with E-state index >= 15 is 0 Å². The molecule has 2 atom stereocenters. The molecule has 3 rings (SSSR count). The lowest BCUT2D eigenvalue weighted by Crippen LogP contribution is -2.48. The number of benzene rings is 2. The van der Waals surface area contributed by atoms with Crippen LogP contribution in [0.4, 0.5) is 5.69 Å². The molecular formula is C19H24N2O3S. The fourth-order valence-corrected chi connectivity index (χ4v) is 4.61. The Morgan fingerprint density at radius 3 is 2.28 bits per heavy atom. The summed E-state index contributed by atoms with van der Waals surface area (Å²) in [6, 6.07) is 16.1. The number of anilines is 1. The van der Waals surface area contributed by atoms with Gasteiger partial charge in [0.1, 0.15) is 5.75 Å². The van der Waals surface area contributed by atoms with E-state index in [-0.39, 0.29) is 12.1 Å². The van der Waals surface area contributed by atoms with Gasteiger partial charge in [-0.25, -0.2) is 13.1 Å². The summed E-state index contributed by atoms with van der Waals surface area (Å²) in [5.41, 5.74) is 0.890. The van der Waals surface area contributed by atoms with Crippen LogP contribution in [0.25, 0.3) is 0 Å². The van der Waals surface area contributed by atoms with Crippen molar-refractivity contribution in [3.8, 4) is 5.75 Å². The van der Waals surface area contributed by atoms with Gasteiger partial charge in [-0.3, -0.25) is 0 Å². The number of methoxy groups -OCH3 is 1. The zero-order valence-corrected chi connectivity index (χ0v) is 15.1. The standard InChI is InChI=1S/C19H24N2O3S/c1-24-19-14-8-7-13-18(19)20-16-11-5-6-12-17(16)21-25(22,23)15-9-3-2-4-10-15/h2-4,7-10,13-14,16-17,20-21H,5-6,11-12H2,1H3/t16-,17+/m1/s1. The van der Waals surface area contributed by atoms with E-state index in [1.807, 2.05) is 30.3 Å². The van der Waals surface area contributed by atoms with E-state index in [0.717, 1.165) is 37.1 Å². The topological polar surface area (TPSA) is 67.4 Å².